The van der Waals surface area contributed by atoms with Gasteiger partial charge in [0.25, 0.3) is 0 Å². The molecule has 2 rings (SSSR count). The molecule has 1 N–H and O–H groups in total. The second-order valence-corrected chi connectivity index (χ2v) is 4.39. The molecule has 0 aromatic carbocycles. The van der Waals surface area contributed by atoms with Gasteiger partial charge < -0.3 is 5.11 Å². The maximum Gasteiger partial charge on any atom is 0.307 e. The lowest BCUT2D eigenvalue weighted by Gasteiger charge is -2.27. The lowest BCUT2D eigenvalue weighted by molar-refractivity contribution is -0.145. The molecular weight excluding hydrogens is 140 g/mol. The zero-order valence-electron chi connectivity index (χ0n) is 6.84. The number of hydrogen-bond donors (Lipinski definition) is 1. The first-order valence-electron chi connectivity index (χ1n) is 4.35. The number of rotatable bonds is 1. The van der Waals surface area contributed by atoms with E-state index in [-0.39, 0.29) is 11.3 Å². The molecule has 0 radical (unpaired) electrons. The van der Waals surface area contributed by atoms with Crippen LogP contribution in [-0.2, 0) is 4.79 Å². The Bertz CT molecular complexity index is 200. The highest BCUT2D eigenvalue weighted by Gasteiger charge is 2.51. The summed E-state index contributed by atoms with van der Waals surface area (Å²) in [5.74, 6) is 0.108. The van der Waals surface area contributed by atoms with Gasteiger partial charge in [-0.05, 0) is 37.0 Å². The molecular formula is C9H14O2. The zero-order chi connectivity index (χ0) is 8.06. The van der Waals surface area contributed by atoms with Gasteiger partial charge in [-0.2, -0.15) is 0 Å². The molecule has 3 atom stereocenters. The van der Waals surface area contributed by atoms with Crippen LogP contribution >= 0.6 is 0 Å². The molecule has 0 heterocycles. The van der Waals surface area contributed by atoms with Gasteiger partial charge in [0.2, 0.25) is 0 Å². The van der Waals surface area contributed by atoms with E-state index in [1.165, 1.54) is 6.42 Å². The number of hydrogen-bond acceptors (Lipinski definition) is 1. The predicted octanol–water partition coefficient (Wildman–Crippen LogP) is 1.90. The van der Waals surface area contributed by atoms with Crippen molar-refractivity contribution in [3.63, 3.8) is 0 Å². The Balaban J connectivity index is 2.21. The van der Waals surface area contributed by atoms with Crippen molar-refractivity contribution >= 4 is 5.97 Å². The molecule has 0 aromatic rings. The van der Waals surface area contributed by atoms with Crippen molar-refractivity contribution in [3.8, 4) is 0 Å². The van der Waals surface area contributed by atoms with Crippen molar-refractivity contribution in [2.75, 3.05) is 0 Å². The van der Waals surface area contributed by atoms with Crippen LogP contribution in [0.1, 0.15) is 32.6 Å². The smallest absolute Gasteiger partial charge is 0.307 e. The van der Waals surface area contributed by atoms with Crippen molar-refractivity contribution in [3.05, 3.63) is 0 Å². The van der Waals surface area contributed by atoms with Gasteiger partial charge in [0.15, 0.2) is 0 Å². The first-order chi connectivity index (χ1) is 5.12. The summed E-state index contributed by atoms with van der Waals surface area (Å²) in [5, 5.41) is 8.90. The first kappa shape index (κ1) is 7.14. The van der Waals surface area contributed by atoms with Crippen LogP contribution < -0.4 is 0 Å². The summed E-state index contributed by atoms with van der Waals surface area (Å²) in [6.45, 7) is 2.14. The Morgan fingerprint density at radius 3 is 2.64 bits per heavy atom. The van der Waals surface area contributed by atoms with Gasteiger partial charge in [-0.3, -0.25) is 4.79 Å². The van der Waals surface area contributed by atoms with Gasteiger partial charge in [0.05, 0.1) is 5.92 Å². The van der Waals surface area contributed by atoms with E-state index in [0.717, 1.165) is 25.2 Å². The van der Waals surface area contributed by atoms with E-state index in [1.807, 2.05) is 0 Å². The summed E-state index contributed by atoms with van der Waals surface area (Å²) < 4.78 is 0. The standard InChI is InChI=1S/C9H14O2/c1-9-3-2-6(5-9)4-7(9)8(10)11/h6-7H,2-5H2,1H3,(H,10,11)/t6-,7-,9-/m1/s1. The van der Waals surface area contributed by atoms with Gasteiger partial charge in [0.1, 0.15) is 0 Å². The third kappa shape index (κ3) is 0.883. The van der Waals surface area contributed by atoms with Crippen LogP contribution in [0.2, 0.25) is 0 Å². The lowest BCUT2D eigenvalue weighted by atomic mass is 9.77. The molecule has 2 fully saturated rings. The Labute approximate surface area is 66.6 Å². The van der Waals surface area contributed by atoms with Crippen LogP contribution in [0.25, 0.3) is 0 Å². The van der Waals surface area contributed by atoms with Crippen LogP contribution in [0.3, 0.4) is 0 Å². The maximum absolute atomic E-state index is 10.8. The van der Waals surface area contributed by atoms with Crippen LogP contribution in [0.15, 0.2) is 0 Å². The molecule has 2 bridgehead atoms. The van der Waals surface area contributed by atoms with Crippen molar-refractivity contribution < 1.29 is 9.90 Å². The second kappa shape index (κ2) is 1.99. The molecule has 0 spiro atoms. The number of carboxylic acids is 1. The molecule has 0 saturated heterocycles. The monoisotopic (exact) mass is 154 g/mol. The predicted molar refractivity (Wildman–Crippen MR) is 41.2 cm³/mol. The van der Waals surface area contributed by atoms with E-state index in [0.29, 0.717) is 0 Å². The van der Waals surface area contributed by atoms with Crippen molar-refractivity contribution in [2.45, 2.75) is 32.6 Å². The minimum Gasteiger partial charge on any atom is -0.481 e. The van der Waals surface area contributed by atoms with Gasteiger partial charge in [-0.1, -0.05) is 6.92 Å². The quantitative estimate of drug-likeness (QED) is 0.626. The highest BCUT2D eigenvalue weighted by molar-refractivity contribution is 5.71. The summed E-state index contributed by atoms with van der Waals surface area (Å²) in [6.07, 6.45) is 4.49. The number of aliphatic carboxylic acids is 1. The molecule has 2 aliphatic carbocycles. The molecule has 11 heavy (non-hydrogen) atoms. The van der Waals surface area contributed by atoms with E-state index in [2.05, 4.69) is 6.92 Å². The molecule has 0 aromatic heterocycles. The van der Waals surface area contributed by atoms with Gasteiger partial charge >= 0.3 is 5.97 Å². The minimum absolute atomic E-state index is 0.0405. The van der Waals surface area contributed by atoms with E-state index < -0.39 is 5.97 Å². The molecule has 0 aliphatic heterocycles. The fourth-order valence-electron chi connectivity index (χ4n) is 2.93. The van der Waals surface area contributed by atoms with Crippen LogP contribution in [0.5, 0.6) is 0 Å². The van der Waals surface area contributed by atoms with Gasteiger partial charge in [-0.25, -0.2) is 0 Å². The largest absolute Gasteiger partial charge is 0.481 e. The molecule has 2 heteroatoms. The zero-order valence-corrected chi connectivity index (χ0v) is 6.84. The van der Waals surface area contributed by atoms with Crippen LogP contribution in [0.4, 0.5) is 0 Å². The summed E-state index contributed by atoms with van der Waals surface area (Å²) in [5.41, 5.74) is 0.149. The average Bonchev–Trinajstić information content (AvgIpc) is 2.41. The first-order valence-corrected chi connectivity index (χ1v) is 4.35. The topological polar surface area (TPSA) is 37.3 Å². The molecule has 62 valence electrons. The fourth-order valence-corrected chi connectivity index (χ4v) is 2.93. The van der Waals surface area contributed by atoms with Crippen LogP contribution in [-0.4, -0.2) is 11.1 Å². The summed E-state index contributed by atoms with van der Waals surface area (Å²) in [6, 6.07) is 0. The van der Waals surface area contributed by atoms with E-state index >= 15 is 0 Å². The summed E-state index contributed by atoms with van der Waals surface area (Å²) in [7, 11) is 0. The van der Waals surface area contributed by atoms with Crippen molar-refractivity contribution in [1.82, 2.24) is 0 Å². The van der Waals surface area contributed by atoms with Crippen molar-refractivity contribution in [1.29, 1.82) is 0 Å². The summed E-state index contributed by atoms with van der Waals surface area (Å²) >= 11 is 0. The molecule has 2 aliphatic rings. The molecule has 2 nitrogen and oxygen atoms in total. The van der Waals surface area contributed by atoms with Gasteiger partial charge in [-0.15, -0.1) is 0 Å². The highest BCUT2D eigenvalue weighted by Crippen LogP contribution is 2.57. The van der Waals surface area contributed by atoms with Crippen LogP contribution in [0, 0.1) is 17.3 Å². The Kier molecular flexibility index (Phi) is 1.29. The molecule has 0 amide bonds. The third-order valence-corrected chi connectivity index (χ3v) is 3.59. The second-order valence-electron chi connectivity index (χ2n) is 4.39. The SMILES string of the molecule is C[C@]12CC[C@H](C[C@@H]1C(=O)O)C2. The number of fused-ring (bicyclic) bond motifs is 2. The third-order valence-electron chi connectivity index (χ3n) is 3.59. The summed E-state index contributed by atoms with van der Waals surface area (Å²) in [4.78, 5) is 10.8. The highest BCUT2D eigenvalue weighted by atomic mass is 16.4. The van der Waals surface area contributed by atoms with E-state index in [9.17, 15) is 4.79 Å². The van der Waals surface area contributed by atoms with E-state index in [4.69, 9.17) is 5.11 Å². The Morgan fingerprint density at radius 1 is 1.64 bits per heavy atom. The lowest BCUT2D eigenvalue weighted by Crippen LogP contribution is -2.28. The normalized spacial score (nSPS) is 48.1. The number of carbonyl (C=O) groups is 1. The molecule has 2 saturated carbocycles. The van der Waals surface area contributed by atoms with Gasteiger partial charge in [0, 0.05) is 0 Å². The Hall–Kier alpha value is -0.530. The average molecular weight is 154 g/mol. The molecule has 0 unspecified atom stereocenters. The van der Waals surface area contributed by atoms with E-state index in [1.54, 1.807) is 0 Å². The Morgan fingerprint density at radius 2 is 2.36 bits per heavy atom. The van der Waals surface area contributed by atoms with Crippen molar-refractivity contribution in [2.24, 2.45) is 17.3 Å². The minimum atomic E-state index is -0.574. The maximum atomic E-state index is 10.8. The number of carboxylic acid groups (broad SMARTS) is 1. The fraction of sp³-hybridized carbons (Fsp3) is 0.889.